The fraction of sp³-hybridized carbons (Fsp3) is 0.625. The number of hydrogen-bond donors (Lipinski definition) is 1. The van der Waals surface area contributed by atoms with Crippen LogP contribution in [-0.4, -0.2) is 19.1 Å². The Kier molecular flexibility index (Phi) is 6.81. The molecule has 1 aromatic carbocycles. The van der Waals surface area contributed by atoms with Gasteiger partial charge in [-0.2, -0.15) is 0 Å². The lowest BCUT2D eigenvalue weighted by molar-refractivity contribution is 0.588. The Bertz CT molecular complexity index is 328. The number of rotatable bonds is 8. The van der Waals surface area contributed by atoms with Gasteiger partial charge in [-0.05, 0) is 30.5 Å². The Balaban J connectivity index is 2.71. The molecule has 0 aromatic heterocycles. The number of hydrogen-bond acceptors (Lipinski definition) is 2. The van der Waals surface area contributed by atoms with Gasteiger partial charge in [0.25, 0.3) is 0 Å². The number of benzene rings is 1. The van der Waals surface area contributed by atoms with Gasteiger partial charge in [0, 0.05) is 31.4 Å². The van der Waals surface area contributed by atoms with Crippen LogP contribution < -0.4 is 10.2 Å². The van der Waals surface area contributed by atoms with Crippen molar-refractivity contribution in [2.75, 3.05) is 18.0 Å². The van der Waals surface area contributed by atoms with Crippen LogP contribution >= 0.6 is 0 Å². The minimum atomic E-state index is 0.538. The summed E-state index contributed by atoms with van der Waals surface area (Å²) in [4.78, 5) is 2.48. The molecule has 0 amide bonds. The molecular formula is C16H28N2. The lowest BCUT2D eigenvalue weighted by Gasteiger charge is -2.24. The van der Waals surface area contributed by atoms with Gasteiger partial charge < -0.3 is 10.2 Å². The van der Waals surface area contributed by atoms with Gasteiger partial charge in [0.1, 0.15) is 0 Å². The third-order valence-corrected chi connectivity index (χ3v) is 2.98. The largest absolute Gasteiger partial charge is 0.372 e. The summed E-state index contributed by atoms with van der Waals surface area (Å²) in [6.45, 7) is 12.1. The van der Waals surface area contributed by atoms with Crippen LogP contribution in [0.15, 0.2) is 24.3 Å². The summed E-state index contributed by atoms with van der Waals surface area (Å²) >= 11 is 0. The Morgan fingerprint density at radius 1 is 1.11 bits per heavy atom. The molecule has 0 radical (unpaired) electrons. The Hall–Kier alpha value is -1.02. The molecule has 0 fully saturated rings. The average Bonchev–Trinajstić information content (AvgIpc) is 2.36. The third kappa shape index (κ3) is 5.09. The molecule has 102 valence electrons. The van der Waals surface area contributed by atoms with Crippen molar-refractivity contribution >= 4 is 5.69 Å². The van der Waals surface area contributed by atoms with Crippen LogP contribution in [0.1, 0.15) is 46.1 Å². The van der Waals surface area contributed by atoms with Crippen LogP contribution in [0.25, 0.3) is 0 Å². The van der Waals surface area contributed by atoms with E-state index in [1.54, 1.807) is 0 Å². The molecule has 0 saturated carbocycles. The molecule has 1 rings (SSSR count). The lowest BCUT2D eigenvalue weighted by atomic mass is 10.1. The quantitative estimate of drug-likeness (QED) is 0.752. The van der Waals surface area contributed by atoms with Gasteiger partial charge in [0.15, 0.2) is 0 Å². The number of anilines is 1. The Morgan fingerprint density at radius 3 is 2.33 bits per heavy atom. The van der Waals surface area contributed by atoms with Crippen molar-refractivity contribution in [2.24, 2.45) is 0 Å². The molecule has 0 aliphatic carbocycles. The standard InChI is InChI=1S/C16H28N2/c1-5-10-18(11-6-2)16-9-7-8-15(12-16)13-17-14(3)4/h7-9,12,14,17H,5-6,10-11,13H2,1-4H3. The second kappa shape index (κ2) is 8.15. The normalized spacial score (nSPS) is 10.9. The molecular weight excluding hydrogens is 220 g/mol. The highest BCUT2D eigenvalue weighted by Crippen LogP contribution is 2.17. The molecule has 2 heteroatoms. The van der Waals surface area contributed by atoms with Gasteiger partial charge in [-0.1, -0.05) is 39.8 Å². The SMILES string of the molecule is CCCN(CCC)c1cccc(CNC(C)C)c1. The topological polar surface area (TPSA) is 15.3 Å². The lowest BCUT2D eigenvalue weighted by Crippen LogP contribution is -2.25. The second-order valence-corrected chi connectivity index (χ2v) is 5.19. The van der Waals surface area contributed by atoms with Crippen molar-refractivity contribution in [1.82, 2.24) is 5.32 Å². The maximum atomic E-state index is 3.47. The fourth-order valence-corrected chi connectivity index (χ4v) is 2.09. The summed E-state index contributed by atoms with van der Waals surface area (Å²) in [6.07, 6.45) is 2.41. The highest BCUT2D eigenvalue weighted by molar-refractivity contribution is 5.48. The smallest absolute Gasteiger partial charge is 0.0369 e. The zero-order valence-corrected chi connectivity index (χ0v) is 12.4. The molecule has 0 saturated heterocycles. The maximum absolute atomic E-state index is 3.47. The summed E-state index contributed by atoms with van der Waals surface area (Å²) in [6, 6.07) is 9.46. The third-order valence-electron chi connectivity index (χ3n) is 2.98. The van der Waals surface area contributed by atoms with Gasteiger partial charge in [-0.3, -0.25) is 0 Å². The van der Waals surface area contributed by atoms with Crippen LogP contribution in [0, 0.1) is 0 Å². The number of nitrogens with zero attached hydrogens (tertiary/aromatic N) is 1. The highest BCUT2D eigenvalue weighted by atomic mass is 15.1. The molecule has 0 aliphatic rings. The fourth-order valence-electron chi connectivity index (χ4n) is 2.09. The molecule has 0 bridgehead atoms. The van der Waals surface area contributed by atoms with Crippen molar-refractivity contribution in [3.05, 3.63) is 29.8 Å². The zero-order valence-electron chi connectivity index (χ0n) is 12.4. The first-order chi connectivity index (χ1) is 8.67. The van der Waals surface area contributed by atoms with E-state index < -0.39 is 0 Å². The molecule has 1 aromatic rings. The van der Waals surface area contributed by atoms with E-state index in [9.17, 15) is 0 Å². The van der Waals surface area contributed by atoms with E-state index >= 15 is 0 Å². The van der Waals surface area contributed by atoms with Crippen molar-refractivity contribution in [2.45, 2.75) is 53.1 Å². The van der Waals surface area contributed by atoms with E-state index in [4.69, 9.17) is 0 Å². The summed E-state index contributed by atoms with van der Waals surface area (Å²) in [5.41, 5.74) is 2.74. The van der Waals surface area contributed by atoms with E-state index in [1.807, 2.05) is 0 Å². The van der Waals surface area contributed by atoms with Crippen LogP contribution in [0.3, 0.4) is 0 Å². The van der Waals surface area contributed by atoms with E-state index in [0.29, 0.717) is 6.04 Å². The van der Waals surface area contributed by atoms with Crippen molar-refractivity contribution < 1.29 is 0 Å². The molecule has 2 nitrogen and oxygen atoms in total. The van der Waals surface area contributed by atoms with Gasteiger partial charge >= 0.3 is 0 Å². The van der Waals surface area contributed by atoms with Crippen LogP contribution in [0.5, 0.6) is 0 Å². The number of nitrogens with one attached hydrogen (secondary N) is 1. The molecule has 1 N–H and O–H groups in total. The predicted molar refractivity (Wildman–Crippen MR) is 81.2 cm³/mol. The summed E-state index contributed by atoms with van der Waals surface area (Å²) < 4.78 is 0. The van der Waals surface area contributed by atoms with E-state index in [0.717, 1.165) is 19.6 Å². The molecule has 0 spiro atoms. The maximum Gasteiger partial charge on any atom is 0.0369 e. The van der Waals surface area contributed by atoms with Crippen LogP contribution in [-0.2, 0) is 6.54 Å². The second-order valence-electron chi connectivity index (χ2n) is 5.19. The summed E-state index contributed by atoms with van der Waals surface area (Å²) in [7, 11) is 0. The Labute approximate surface area is 112 Å². The summed E-state index contributed by atoms with van der Waals surface area (Å²) in [5.74, 6) is 0. The van der Waals surface area contributed by atoms with Gasteiger partial charge in [-0.25, -0.2) is 0 Å². The van der Waals surface area contributed by atoms with Gasteiger partial charge in [0.05, 0.1) is 0 Å². The molecule has 0 aliphatic heterocycles. The Morgan fingerprint density at radius 2 is 1.78 bits per heavy atom. The molecule has 0 unspecified atom stereocenters. The van der Waals surface area contributed by atoms with Crippen molar-refractivity contribution in [3.63, 3.8) is 0 Å². The van der Waals surface area contributed by atoms with Crippen LogP contribution in [0.2, 0.25) is 0 Å². The molecule has 0 atom stereocenters. The van der Waals surface area contributed by atoms with Crippen molar-refractivity contribution in [1.29, 1.82) is 0 Å². The molecule has 18 heavy (non-hydrogen) atoms. The minimum Gasteiger partial charge on any atom is -0.372 e. The first-order valence-corrected chi connectivity index (χ1v) is 7.24. The minimum absolute atomic E-state index is 0.538. The summed E-state index contributed by atoms with van der Waals surface area (Å²) in [5, 5.41) is 3.47. The van der Waals surface area contributed by atoms with Crippen molar-refractivity contribution in [3.8, 4) is 0 Å². The van der Waals surface area contributed by atoms with Gasteiger partial charge in [0.2, 0.25) is 0 Å². The van der Waals surface area contributed by atoms with Gasteiger partial charge in [-0.15, -0.1) is 0 Å². The van der Waals surface area contributed by atoms with E-state index in [1.165, 1.54) is 24.1 Å². The molecule has 0 heterocycles. The predicted octanol–water partition coefficient (Wildman–Crippen LogP) is 3.81. The first kappa shape index (κ1) is 15.0. The van der Waals surface area contributed by atoms with E-state index in [2.05, 4.69) is 62.2 Å². The highest BCUT2D eigenvalue weighted by Gasteiger charge is 2.05. The zero-order chi connectivity index (χ0) is 13.4. The van der Waals surface area contributed by atoms with Crippen LogP contribution in [0.4, 0.5) is 5.69 Å². The first-order valence-electron chi connectivity index (χ1n) is 7.24. The van der Waals surface area contributed by atoms with E-state index in [-0.39, 0.29) is 0 Å². The average molecular weight is 248 g/mol. The monoisotopic (exact) mass is 248 g/mol.